The summed E-state index contributed by atoms with van der Waals surface area (Å²) < 4.78 is 7.32. The predicted molar refractivity (Wildman–Crippen MR) is 92.7 cm³/mol. The van der Waals surface area contributed by atoms with E-state index in [1.165, 1.54) is 12.8 Å². The molecule has 0 saturated carbocycles. The van der Waals surface area contributed by atoms with Gasteiger partial charge < -0.3 is 4.52 Å². The van der Waals surface area contributed by atoms with Gasteiger partial charge in [0.05, 0.1) is 6.54 Å². The van der Waals surface area contributed by atoms with E-state index in [2.05, 4.69) is 25.1 Å². The molecule has 0 N–H and O–H groups in total. The van der Waals surface area contributed by atoms with Crippen molar-refractivity contribution in [1.29, 1.82) is 0 Å². The predicted octanol–water partition coefficient (Wildman–Crippen LogP) is 2.43. The van der Waals surface area contributed by atoms with Crippen LogP contribution in [0.5, 0.6) is 0 Å². The Morgan fingerprint density at radius 1 is 1.20 bits per heavy atom. The monoisotopic (exact) mass is 338 g/mol. The minimum atomic E-state index is 0.546. The Labute approximate surface area is 146 Å². The first-order valence-corrected chi connectivity index (χ1v) is 8.83. The largest absolute Gasteiger partial charge is 0.339 e. The maximum absolute atomic E-state index is 5.39. The fraction of sp³-hybridized carbons (Fsp3) is 0.444. The van der Waals surface area contributed by atoms with E-state index in [0.717, 1.165) is 38.0 Å². The van der Waals surface area contributed by atoms with Gasteiger partial charge in [0.1, 0.15) is 12.7 Å². The van der Waals surface area contributed by atoms with Crippen LogP contribution in [0.1, 0.15) is 25.2 Å². The third-order valence-corrected chi connectivity index (χ3v) is 4.70. The van der Waals surface area contributed by atoms with Gasteiger partial charge in [-0.15, -0.1) is 0 Å². The molecule has 2 aromatic heterocycles. The molecule has 1 saturated heterocycles. The molecule has 1 aliphatic heterocycles. The van der Waals surface area contributed by atoms with Crippen LogP contribution in [0.15, 0.2) is 47.5 Å². The van der Waals surface area contributed by atoms with Crippen LogP contribution in [0.2, 0.25) is 0 Å². The molecule has 25 heavy (non-hydrogen) atoms. The van der Waals surface area contributed by atoms with Gasteiger partial charge in [-0.25, -0.2) is 4.98 Å². The van der Waals surface area contributed by atoms with Crippen molar-refractivity contribution in [3.63, 3.8) is 0 Å². The Morgan fingerprint density at radius 3 is 2.96 bits per heavy atom. The highest BCUT2D eigenvalue weighted by Gasteiger charge is 2.24. The van der Waals surface area contributed by atoms with Crippen molar-refractivity contribution in [3.8, 4) is 11.4 Å². The number of benzene rings is 1. The summed E-state index contributed by atoms with van der Waals surface area (Å²) in [6.07, 6.45) is 7.69. The van der Waals surface area contributed by atoms with Crippen molar-refractivity contribution in [2.75, 3.05) is 13.1 Å². The maximum atomic E-state index is 5.39. The van der Waals surface area contributed by atoms with Crippen LogP contribution in [-0.2, 0) is 13.0 Å². The summed E-state index contributed by atoms with van der Waals surface area (Å²) in [5, 5.41) is 8.30. The molecule has 3 heterocycles. The first kappa shape index (κ1) is 16.0. The molecule has 4 rings (SSSR count). The second-order valence-electron chi connectivity index (χ2n) is 6.43. The molecule has 1 aliphatic rings. The molecule has 1 atom stereocenters. The topological polar surface area (TPSA) is 72.9 Å². The first-order valence-electron chi connectivity index (χ1n) is 8.83. The van der Waals surface area contributed by atoms with E-state index in [-0.39, 0.29) is 0 Å². The van der Waals surface area contributed by atoms with Crippen molar-refractivity contribution >= 4 is 0 Å². The van der Waals surface area contributed by atoms with Crippen molar-refractivity contribution in [3.05, 3.63) is 48.9 Å². The molecule has 0 amide bonds. The zero-order valence-electron chi connectivity index (χ0n) is 14.2. The molecule has 0 bridgehead atoms. The molecular formula is C18H22N6O. The van der Waals surface area contributed by atoms with E-state index in [9.17, 15) is 0 Å². The second-order valence-corrected chi connectivity index (χ2v) is 6.43. The number of aryl methyl sites for hydroxylation is 1. The van der Waals surface area contributed by atoms with Crippen molar-refractivity contribution in [1.82, 2.24) is 29.8 Å². The van der Waals surface area contributed by atoms with Crippen LogP contribution in [0.4, 0.5) is 0 Å². The smallest absolute Gasteiger partial charge is 0.227 e. The molecule has 0 aliphatic carbocycles. The molecule has 7 heteroatoms. The van der Waals surface area contributed by atoms with E-state index in [1.807, 2.05) is 35.0 Å². The van der Waals surface area contributed by atoms with Gasteiger partial charge in [-0.05, 0) is 32.4 Å². The highest BCUT2D eigenvalue weighted by atomic mass is 16.5. The molecule has 1 aromatic carbocycles. The summed E-state index contributed by atoms with van der Waals surface area (Å²) in [6.45, 7) is 3.11. The Hall–Kier alpha value is -2.54. The van der Waals surface area contributed by atoms with Gasteiger partial charge in [-0.2, -0.15) is 10.1 Å². The SMILES string of the molecule is c1ccc(-c2noc(CCCN3CCC[C@H]3Cn3cncn3)n2)cc1. The van der Waals surface area contributed by atoms with E-state index >= 15 is 0 Å². The second kappa shape index (κ2) is 7.57. The van der Waals surface area contributed by atoms with E-state index in [0.29, 0.717) is 17.8 Å². The van der Waals surface area contributed by atoms with E-state index in [1.54, 1.807) is 12.7 Å². The molecule has 0 spiro atoms. The number of aromatic nitrogens is 5. The minimum Gasteiger partial charge on any atom is -0.339 e. The molecule has 3 aromatic rings. The number of nitrogens with zero attached hydrogens (tertiary/aromatic N) is 6. The summed E-state index contributed by atoms with van der Waals surface area (Å²) in [7, 11) is 0. The summed E-state index contributed by atoms with van der Waals surface area (Å²) in [6, 6.07) is 10.5. The molecule has 1 fully saturated rings. The molecule has 0 unspecified atom stereocenters. The number of likely N-dealkylation sites (tertiary alicyclic amines) is 1. The summed E-state index contributed by atoms with van der Waals surface area (Å²) in [5.41, 5.74) is 0.991. The quantitative estimate of drug-likeness (QED) is 0.659. The van der Waals surface area contributed by atoms with Crippen LogP contribution in [0.3, 0.4) is 0 Å². The van der Waals surface area contributed by atoms with Crippen LogP contribution >= 0.6 is 0 Å². The van der Waals surface area contributed by atoms with Crippen LogP contribution < -0.4 is 0 Å². The van der Waals surface area contributed by atoms with E-state index < -0.39 is 0 Å². The highest BCUT2D eigenvalue weighted by molar-refractivity contribution is 5.53. The Kier molecular flexibility index (Phi) is 4.83. The number of hydrogen-bond donors (Lipinski definition) is 0. The van der Waals surface area contributed by atoms with Crippen molar-refractivity contribution < 1.29 is 4.52 Å². The summed E-state index contributed by atoms with van der Waals surface area (Å²) >= 11 is 0. The molecule has 0 radical (unpaired) electrons. The molecular weight excluding hydrogens is 316 g/mol. The lowest BCUT2D eigenvalue weighted by atomic mass is 10.2. The number of hydrogen-bond acceptors (Lipinski definition) is 6. The van der Waals surface area contributed by atoms with Gasteiger partial charge in [0.25, 0.3) is 0 Å². The lowest BCUT2D eigenvalue weighted by molar-refractivity contribution is 0.222. The third kappa shape index (κ3) is 3.93. The third-order valence-electron chi connectivity index (χ3n) is 4.70. The fourth-order valence-electron chi connectivity index (χ4n) is 3.43. The average Bonchev–Trinajstić information content (AvgIpc) is 3.39. The molecule has 130 valence electrons. The van der Waals surface area contributed by atoms with Gasteiger partial charge in [0.2, 0.25) is 11.7 Å². The Morgan fingerprint density at radius 2 is 2.12 bits per heavy atom. The van der Waals surface area contributed by atoms with Crippen LogP contribution in [0.25, 0.3) is 11.4 Å². The zero-order chi connectivity index (χ0) is 16.9. The van der Waals surface area contributed by atoms with Gasteiger partial charge >= 0.3 is 0 Å². The summed E-state index contributed by atoms with van der Waals surface area (Å²) in [4.78, 5) is 11.1. The Balaban J connectivity index is 1.28. The average molecular weight is 338 g/mol. The summed E-state index contributed by atoms with van der Waals surface area (Å²) in [5.74, 6) is 1.38. The zero-order valence-corrected chi connectivity index (χ0v) is 14.2. The molecule has 7 nitrogen and oxygen atoms in total. The maximum Gasteiger partial charge on any atom is 0.227 e. The van der Waals surface area contributed by atoms with Crippen LogP contribution in [0, 0.1) is 0 Å². The van der Waals surface area contributed by atoms with Crippen molar-refractivity contribution in [2.24, 2.45) is 0 Å². The minimum absolute atomic E-state index is 0.546. The highest BCUT2D eigenvalue weighted by Crippen LogP contribution is 2.20. The first-order chi connectivity index (χ1) is 12.4. The Bertz CT molecular complexity index is 770. The normalized spacial score (nSPS) is 18.0. The van der Waals surface area contributed by atoms with Crippen LogP contribution in [-0.4, -0.2) is 48.9 Å². The lowest BCUT2D eigenvalue weighted by Crippen LogP contribution is -2.34. The standard InChI is InChI=1S/C18H22N6O/c1-2-6-15(7-3-1)18-21-17(25-22-18)9-5-11-23-10-4-8-16(23)12-24-14-19-13-20-24/h1-3,6-7,13-14,16H,4-5,8-12H2/t16-/m0/s1. The van der Waals surface area contributed by atoms with E-state index in [4.69, 9.17) is 4.52 Å². The van der Waals surface area contributed by atoms with Gasteiger partial charge in [-0.1, -0.05) is 35.5 Å². The van der Waals surface area contributed by atoms with Gasteiger partial charge in [0.15, 0.2) is 0 Å². The van der Waals surface area contributed by atoms with Gasteiger partial charge in [0, 0.05) is 18.0 Å². The van der Waals surface area contributed by atoms with Gasteiger partial charge in [-0.3, -0.25) is 9.58 Å². The fourth-order valence-corrected chi connectivity index (χ4v) is 3.43. The lowest BCUT2D eigenvalue weighted by Gasteiger charge is -2.23. The number of rotatable bonds is 7. The van der Waals surface area contributed by atoms with Crippen molar-refractivity contribution in [2.45, 2.75) is 38.3 Å².